The molecule has 5 nitrogen and oxygen atoms in total. The molecule has 2 atom stereocenters. The molecular formula is C26H28N2O3. The van der Waals surface area contributed by atoms with Crippen LogP contribution in [0.15, 0.2) is 77.4 Å². The zero-order chi connectivity index (χ0) is 22.0. The number of nitrogens with one attached hydrogen (secondary N) is 1. The van der Waals surface area contributed by atoms with Gasteiger partial charge in [-0.1, -0.05) is 44.2 Å². The fraction of sp³-hybridized carbons (Fsp3) is 0.346. The molecule has 1 aromatic carbocycles. The third-order valence-corrected chi connectivity index (χ3v) is 5.91. The molecule has 0 radical (unpaired) electrons. The average molecular weight is 417 g/mol. The first-order valence-corrected chi connectivity index (χ1v) is 10.8. The van der Waals surface area contributed by atoms with E-state index < -0.39 is 5.92 Å². The maximum Gasteiger partial charge on any atom is 0.336 e. The summed E-state index contributed by atoms with van der Waals surface area (Å²) < 4.78 is 5.58. The van der Waals surface area contributed by atoms with Crippen LogP contribution in [0.3, 0.4) is 0 Å². The zero-order valence-corrected chi connectivity index (χ0v) is 18.2. The topological polar surface area (TPSA) is 68.3 Å². The Bertz CT molecular complexity index is 1040. The van der Waals surface area contributed by atoms with Crippen molar-refractivity contribution in [1.82, 2.24) is 10.3 Å². The first-order valence-electron chi connectivity index (χ1n) is 10.8. The van der Waals surface area contributed by atoms with Crippen LogP contribution in [0.4, 0.5) is 0 Å². The number of nitrogens with zero attached hydrogens (tertiary/aromatic N) is 1. The molecular weight excluding hydrogens is 388 g/mol. The number of hydrogen-bond donors (Lipinski definition) is 1. The minimum absolute atomic E-state index is 0.0751. The van der Waals surface area contributed by atoms with Crippen molar-refractivity contribution < 1.29 is 14.3 Å². The number of aromatic nitrogens is 1. The van der Waals surface area contributed by atoms with Crippen molar-refractivity contribution in [3.63, 3.8) is 0 Å². The van der Waals surface area contributed by atoms with Crippen LogP contribution in [0.1, 0.15) is 56.6 Å². The maximum atomic E-state index is 13.4. The molecule has 1 aliphatic heterocycles. The fourth-order valence-electron chi connectivity index (χ4n) is 4.48. The van der Waals surface area contributed by atoms with Crippen molar-refractivity contribution >= 4 is 11.8 Å². The molecule has 0 saturated carbocycles. The van der Waals surface area contributed by atoms with Crippen LogP contribution in [0, 0.1) is 5.92 Å². The highest BCUT2D eigenvalue weighted by Crippen LogP contribution is 2.45. The second-order valence-corrected chi connectivity index (χ2v) is 8.70. The predicted molar refractivity (Wildman–Crippen MR) is 119 cm³/mol. The summed E-state index contributed by atoms with van der Waals surface area (Å²) in [7, 11) is 0. The Hall–Kier alpha value is -3.21. The van der Waals surface area contributed by atoms with E-state index in [9.17, 15) is 9.59 Å². The van der Waals surface area contributed by atoms with E-state index >= 15 is 0 Å². The van der Waals surface area contributed by atoms with Crippen LogP contribution in [0.25, 0.3) is 0 Å². The van der Waals surface area contributed by atoms with Crippen LogP contribution in [0.2, 0.25) is 0 Å². The van der Waals surface area contributed by atoms with Crippen LogP contribution < -0.4 is 5.32 Å². The monoisotopic (exact) mass is 416 g/mol. The standard InChI is InChI=1S/C26H28N2O3/c1-16(2)15-31-26(30)23-17(3)28-21-13-20(18-7-5-4-6-8-18)14-22(29)25(21)24(23)19-9-11-27-12-10-19/h4-12,16,20,24,28H,13-15H2,1-3H3/t20-,24+/m0/s1. The van der Waals surface area contributed by atoms with E-state index in [-0.39, 0.29) is 23.6 Å². The highest BCUT2D eigenvalue weighted by atomic mass is 16.5. The van der Waals surface area contributed by atoms with Gasteiger partial charge in [-0.05, 0) is 48.4 Å². The zero-order valence-electron chi connectivity index (χ0n) is 18.2. The fourth-order valence-corrected chi connectivity index (χ4v) is 4.48. The average Bonchev–Trinajstić information content (AvgIpc) is 2.77. The molecule has 1 aromatic heterocycles. The van der Waals surface area contributed by atoms with Crippen molar-refractivity contribution in [3.8, 4) is 0 Å². The predicted octanol–water partition coefficient (Wildman–Crippen LogP) is 4.64. The van der Waals surface area contributed by atoms with Gasteiger partial charge < -0.3 is 10.1 Å². The van der Waals surface area contributed by atoms with Gasteiger partial charge in [-0.25, -0.2) is 4.79 Å². The first-order chi connectivity index (χ1) is 15.0. The number of esters is 1. The Labute approximate surface area is 183 Å². The molecule has 2 aliphatic rings. The summed E-state index contributed by atoms with van der Waals surface area (Å²) >= 11 is 0. The second-order valence-electron chi connectivity index (χ2n) is 8.70. The van der Waals surface area contributed by atoms with E-state index in [0.717, 1.165) is 28.9 Å². The summed E-state index contributed by atoms with van der Waals surface area (Å²) in [6, 6.07) is 13.9. The molecule has 160 valence electrons. The Kier molecular flexibility index (Phi) is 6.03. The summed E-state index contributed by atoms with van der Waals surface area (Å²) in [4.78, 5) is 30.7. The number of carbonyl (C=O) groups excluding carboxylic acids is 2. The number of carbonyl (C=O) groups is 2. The quantitative estimate of drug-likeness (QED) is 0.719. The van der Waals surface area contributed by atoms with Crippen LogP contribution in [-0.4, -0.2) is 23.3 Å². The van der Waals surface area contributed by atoms with Crippen LogP contribution in [-0.2, 0) is 14.3 Å². The normalized spacial score (nSPS) is 21.1. The van der Waals surface area contributed by atoms with E-state index in [1.807, 2.05) is 51.1 Å². The highest BCUT2D eigenvalue weighted by Gasteiger charge is 2.41. The van der Waals surface area contributed by atoms with Crippen LogP contribution >= 0.6 is 0 Å². The van der Waals surface area contributed by atoms with Gasteiger partial charge in [0, 0.05) is 41.7 Å². The lowest BCUT2D eigenvalue weighted by atomic mass is 9.72. The molecule has 31 heavy (non-hydrogen) atoms. The molecule has 0 fully saturated rings. The largest absolute Gasteiger partial charge is 0.462 e. The van der Waals surface area contributed by atoms with Crippen molar-refractivity contribution in [1.29, 1.82) is 0 Å². The summed E-state index contributed by atoms with van der Waals surface area (Å²) in [6.07, 6.45) is 4.56. The first kappa shape index (κ1) is 21.0. The van der Waals surface area contributed by atoms with Crippen molar-refractivity contribution in [2.75, 3.05) is 6.61 Å². The van der Waals surface area contributed by atoms with Gasteiger partial charge >= 0.3 is 5.97 Å². The molecule has 0 spiro atoms. The van der Waals surface area contributed by atoms with Gasteiger partial charge in [-0.3, -0.25) is 9.78 Å². The lowest BCUT2D eigenvalue weighted by molar-refractivity contribution is -0.140. The molecule has 5 heteroatoms. The molecule has 1 aliphatic carbocycles. The third kappa shape index (κ3) is 4.31. The number of benzene rings is 1. The molecule has 0 saturated heterocycles. The number of hydrogen-bond acceptors (Lipinski definition) is 5. The molecule has 2 aromatic rings. The molecule has 2 heterocycles. The number of pyridine rings is 1. The van der Waals surface area contributed by atoms with Crippen molar-refractivity contribution in [3.05, 3.63) is 88.5 Å². The molecule has 4 rings (SSSR count). The number of rotatable bonds is 5. The van der Waals surface area contributed by atoms with Gasteiger partial charge in [0.2, 0.25) is 0 Å². The van der Waals surface area contributed by atoms with E-state index in [4.69, 9.17) is 4.74 Å². The number of ether oxygens (including phenoxy) is 1. The van der Waals surface area contributed by atoms with E-state index in [0.29, 0.717) is 24.2 Å². The Morgan fingerprint density at radius 3 is 2.48 bits per heavy atom. The summed E-state index contributed by atoms with van der Waals surface area (Å²) in [5.74, 6) is -0.377. The summed E-state index contributed by atoms with van der Waals surface area (Å²) in [6.45, 7) is 6.24. The van der Waals surface area contributed by atoms with Gasteiger partial charge in [0.25, 0.3) is 0 Å². The number of dihydropyridines is 1. The Morgan fingerprint density at radius 2 is 1.81 bits per heavy atom. The maximum absolute atomic E-state index is 13.4. The minimum atomic E-state index is -0.442. The SMILES string of the molecule is CC1=C(C(=O)OCC(C)C)[C@@H](c2ccncc2)C2=C(C[C@H](c3ccccc3)CC2=O)N1. The van der Waals surface area contributed by atoms with Gasteiger partial charge in [0.15, 0.2) is 5.78 Å². The molecule has 0 amide bonds. The Morgan fingerprint density at radius 1 is 1.10 bits per heavy atom. The number of Topliss-reactive ketones (excluding diaryl/α,β-unsaturated/α-hetero) is 1. The minimum Gasteiger partial charge on any atom is -0.462 e. The molecule has 1 N–H and O–H groups in total. The van der Waals surface area contributed by atoms with Gasteiger partial charge in [-0.15, -0.1) is 0 Å². The third-order valence-electron chi connectivity index (χ3n) is 5.91. The smallest absolute Gasteiger partial charge is 0.336 e. The molecule has 0 bridgehead atoms. The van der Waals surface area contributed by atoms with Crippen molar-refractivity contribution in [2.45, 2.75) is 45.4 Å². The van der Waals surface area contributed by atoms with Gasteiger partial charge in [-0.2, -0.15) is 0 Å². The summed E-state index contributed by atoms with van der Waals surface area (Å²) in [5, 5.41) is 3.39. The lowest BCUT2D eigenvalue weighted by Gasteiger charge is -2.36. The second kappa shape index (κ2) is 8.88. The van der Waals surface area contributed by atoms with Crippen molar-refractivity contribution in [2.24, 2.45) is 5.92 Å². The van der Waals surface area contributed by atoms with Gasteiger partial charge in [0.1, 0.15) is 0 Å². The van der Waals surface area contributed by atoms with E-state index in [2.05, 4.69) is 22.4 Å². The Balaban J connectivity index is 1.75. The van der Waals surface area contributed by atoms with E-state index in [1.165, 1.54) is 0 Å². The lowest BCUT2D eigenvalue weighted by Crippen LogP contribution is -2.36. The van der Waals surface area contributed by atoms with E-state index in [1.54, 1.807) is 12.4 Å². The number of allylic oxidation sites excluding steroid dienone is 3. The summed E-state index contributed by atoms with van der Waals surface area (Å²) in [5.41, 5.74) is 4.89. The van der Waals surface area contributed by atoms with Crippen LogP contribution in [0.5, 0.6) is 0 Å². The number of ketones is 1. The van der Waals surface area contributed by atoms with Gasteiger partial charge in [0.05, 0.1) is 12.2 Å². The highest BCUT2D eigenvalue weighted by molar-refractivity contribution is 6.04. The molecule has 0 unspecified atom stereocenters.